The fourth-order valence-electron chi connectivity index (χ4n) is 4.03. The number of nitrogens with zero attached hydrogens (tertiary/aromatic N) is 1. The monoisotopic (exact) mass is 375 g/mol. The Morgan fingerprint density at radius 3 is 2.48 bits per heavy atom. The number of nitrogens with one attached hydrogen (secondary N) is 2. The zero-order chi connectivity index (χ0) is 19.2. The standard InChI is InChI=1S/C20H20F3N3O/c1-12-10-14(13-2-4-15(5-3-13)20(21,22)23)11-17(25-12)16-6-7-19(26-16)8-9-24-18(19)27/h2-5,10-11,16,26H,6-9H2,1H3,(H,24,27)/t16-,19-/m1/s1. The molecular weight excluding hydrogens is 355 g/mol. The van der Waals surface area contributed by atoms with Gasteiger partial charge in [0, 0.05) is 12.2 Å². The molecule has 2 N–H and O–H groups in total. The van der Waals surface area contributed by atoms with Crippen molar-refractivity contribution in [1.82, 2.24) is 15.6 Å². The van der Waals surface area contributed by atoms with Crippen molar-refractivity contribution in [2.45, 2.75) is 43.9 Å². The van der Waals surface area contributed by atoms with Crippen LogP contribution < -0.4 is 10.6 Å². The van der Waals surface area contributed by atoms with Gasteiger partial charge in [0.2, 0.25) is 5.91 Å². The molecule has 4 rings (SSSR count). The molecule has 1 aromatic heterocycles. The number of aromatic nitrogens is 1. The van der Waals surface area contributed by atoms with Gasteiger partial charge in [-0.05, 0) is 61.6 Å². The summed E-state index contributed by atoms with van der Waals surface area (Å²) in [4.78, 5) is 16.8. The zero-order valence-electron chi connectivity index (χ0n) is 14.9. The Kier molecular flexibility index (Phi) is 4.22. The fraction of sp³-hybridized carbons (Fsp3) is 0.400. The summed E-state index contributed by atoms with van der Waals surface area (Å²) >= 11 is 0. The Labute approximate surface area is 155 Å². The minimum absolute atomic E-state index is 0.0399. The first kappa shape index (κ1) is 18.0. The average molecular weight is 375 g/mol. The van der Waals surface area contributed by atoms with Crippen LogP contribution in [0.2, 0.25) is 0 Å². The van der Waals surface area contributed by atoms with E-state index in [9.17, 15) is 18.0 Å². The molecular formula is C20H20F3N3O. The number of aryl methyl sites for hydroxylation is 1. The molecule has 0 saturated carbocycles. The lowest BCUT2D eigenvalue weighted by Gasteiger charge is -2.22. The highest BCUT2D eigenvalue weighted by Crippen LogP contribution is 2.38. The van der Waals surface area contributed by atoms with Gasteiger partial charge in [0.1, 0.15) is 5.54 Å². The number of halogens is 3. The van der Waals surface area contributed by atoms with Crippen molar-refractivity contribution in [2.24, 2.45) is 0 Å². The summed E-state index contributed by atoms with van der Waals surface area (Å²) < 4.78 is 38.3. The van der Waals surface area contributed by atoms with Gasteiger partial charge in [-0.15, -0.1) is 0 Å². The highest BCUT2D eigenvalue weighted by atomic mass is 19.4. The molecule has 2 aliphatic heterocycles. The van der Waals surface area contributed by atoms with E-state index in [0.717, 1.165) is 48.3 Å². The molecule has 142 valence electrons. The summed E-state index contributed by atoms with van der Waals surface area (Å²) in [6, 6.07) is 8.87. The lowest BCUT2D eigenvalue weighted by atomic mass is 9.96. The van der Waals surface area contributed by atoms with Crippen LogP contribution in [0.4, 0.5) is 13.2 Å². The second-order valence-corrected chi connectivity index (χ2v) is 7.32. The molecule has 1 amide bonds. The van der Waals surface area contributed by atoms with Crippen molar-refractivity contribution in [3.63, 3.8) is 0 Å². The molecule has 7 heteroatoms. The van der Waals surface area contributed by atoms with Gasteiger partial charge >= 0.3 is 6.18 Å². The third kappa shape index (κ3) is 3.32. The Morgan fingerprint density at radius 1 is 1.11 bits per heavy atom. The molecule has 3 heterocycles. The molecule has 2 aliphatic rings. The van der Waals surface area contributed by atoms with Crippen LogP contribution in [0.1, 0.15) is 42.3 Å². The van der Waals surface area contributed by atoms with Crippen LogP contribution in [0.5, 0.6) is 0 Å². The van der Waals surface area contributed by atoms with Crippen molar-refractivity contribution < 1.29 is 18.0 Å². The first-order chi connectivity index (χ1) is 12.8. The topological polar surface area (TPSA) is 54.0 Å². The first-order valence-corrected chi connectivity index (χ1v) is 8.99. The van der Waals surface area contributed by atoms with E-state index in [1.165, 1.54) is 12.1 Å². The minimum Gasteiger partial charge on any atom is -0.354 e. The third-order valence-electron chi connectivity index (χ3n) is 5.46. The molecule has 1 aromatic carbocycles. The maximum absolute atomic E-state index is 12.8. The molecule has 2 fully saturated rings. The van der Waals surface area contributed by atoms with Crippen molar-refractivity contribution in [3.05, 3.63) is 53.3 Å². The molecule has 0 unspecified atom stereocenters. The van der Waals surface area contributed by atoms with Crippen molar-refractivity contribution in [3.8, 4) is 11.1 Å². The summed E-state index contributed by atoms with van der Waals surface area (Å²) in [5, 5.41) is 6.32. The normalized spacial score (nSPS) is 25.2. The van der Waals surface area contributed by atoms with E-state index in [-0.39, 0.29) is 11.9 Å². The summed E-state index contributed by atoms with van der Waals surface area (Å²) in [5.74, 6) is 0.0422. The summed E-state index contributed by atoms with van der Waals surface area (Å²) in [6.45, 7) is 2.54. The maximum Gasteiger partial charge on any atom is 0.416 e. The van der Waals surface area contributed by atoms with E-state index in [1.807, 2.05) is 19.1 Å². The van der Waals surface area contributed by atoms with E-state index in [4.69, 9.17) is 0 Å². The van der Waals surface area contributed by atoms with Crippen molar-refractivity contribution >= 4 is 5.91 Å². The SMILES string of the molecule is Cc1cc(-c2ccc(C(F)(F)F)cc2)cc([C@H]2CC[C@]3(CCNC3=O)N2)n1. The molecule has 27 heavy (non-hydrogen) atoms. The van der Waals surface area contributed by atoms with Crippen LogP contribution in [0.15, 0.2) is 36.4 Å². The number of rotatable bonds is 2. The lowest BCUT2D eigenvalue weighted by molar-refractivity contribution is -0.137. The Morgan fingerprint density at radius 2 is 1.85 bits per heavy atom. The van der Waals surface area contributed by atoms with Gasteiger partial charge < -0.3 is 5.32 Å². The fourth-order valence-corrected chi connectivity index (χ4v) is 4.03. The van der Waals surface area contributed by atoms with Gasteiger partial charge in [0.25, 0.3) is 0 Å². The van der Waals surface area contributed by atoms with E-state index >= 15 is 0 Å². The van der Waals surface area contributed by atoms with Crippen LogP contribution >= 0.6 is 0 Å². The second kappa shape index (κ2) is 6.34. The van der Waals surface area contributed by atoms with E-state index in [0.29, 0.717) is 12.1 Å². The smallest absolute Gasteiger partial charge is 0.354 e. The predicted octanol–water partition coefficient (Wildman–Crippen LogP) is 3.76. The van der Waals surface area contributed by atoms with Gasteiger partial charge in [0.15, 0.2) is 0 Å². The Balaban J connectivity index is 1.62. The maximum atomic E-state index is 12.8. The molecule has 1 spiro atoms. The summed E-state index contributed by atoms with van der Waals surface area (Å²) in [7, 11) is 0. The second-order valence-electron chi connectivity index (χ2n) is 7.32. The number of carbonyl (C=O) groups excluding carboxylic acids is 1. The van der Waals surface area contributed by atoms with Crippen molar-refractivity contribution in [1.29, 1.82) is 0 Å². The Bertz CT molecular complexity index is 879. The highest BCUT2D eigenvalue weighted by Gasteiger charge is 2.48. The van der Waals surface area contributed by atoms with Gasteiger partial charge in [0.05, 0.1) is 17.3 Å². The van der Waals surface area contributed by atoms with Crippen molar-refractivity contribution in [2.75, 3.05) is 6.54 Å². The van der Waals surface area contributed by atoms with Crippen LogP contribution in [0.3, 0.4) is 0 Å². The van der Waals surface area contributed by atoms with Gasteiger partial charge in [-0.3, -0.25) is 15.1 Å². The number of pyridine rings is 1. The molecule has 2 saturated heterocycles. The third-order valence-corrected chi connectivity index (χ3v) is 5.46. The molecule has 0 aliphatic carbocycles. The number of amides is 1. The number of hydrogen-bond donors (Lipinski definition) is 2. The largest absolute Gasteiger partial charge is 0.416 e. The number of carbonyl (C=O) groups is 1. The van der Waals surface area contributed by atoms with Gasteiger partial charge in [-0.25, -0.2) is 0 Å². The van der Waals surface area contributed by atoms with Gasteiger partial charge in [-0.2, -0.15) is 13.2 Å². The lowest BCUT2D eigenvalue weighted by Crippen LogP contribution is -2.47. The molecule has 0 radical (unpaired) electrons. The van der Waals surface area contributed by atoms with E-state index in [1.54, 1.807) is 0 Å². The summed E-state index contributed by atoms with van der Waals surface area (Å²) in [5.41, 5.74) is 1.97. The van der Waals surface area contributed by atoms with Crippen LogP contribution in [0.25, 0.3) is 11.1 Å². The molecule has 2 aromatic rings. The molecule has 2 atom stereocenters. The van der Waals surface area contributed by atoms with Gasteiger partial charge in [-0.1, -0.05) is 12.1 Å². The van der Waals surface area contributed by atoms with Crippen LogP contribution in [0, 0.1) is 6.92 Å². The predicted molar refractivity (Wildman–Crippen MR) is 94.9 cm³/mol. The van der Waals surface area contributed by atoms with Crippen LogP contribution in [-0.2, 0) is 11.0 Å². The molecule has 0 bridgehead atoms. The van der Waals surface area contributed by atoms with E-state index < -0.39 is 17.3 Å². The van der Waals surface area contributed by atoms with Crippen LogP contribution in [-0.4, -0.2) is 23.0 Å². The number of hydrogen-bond acceptors (Lipinski definition) is 3. The molecule has 4 nitrogen and oxygen atoms in total. The number of benzene rings is 1. The van der Waals surface area contributed by atoms with E-state index in [2.05, 4.69) is 15.6 Å². The average Bonchev–Trinajstić information content (AvgIpc) is 3.21. The number of alkyl halides is 3. The highest BCUT2D eigenvalue weighted by molar-refractivity contribution is 5.88. The quantitative estimate of drug-likeness (QED) is 0.840. The Hall–Kier alpha value is -2.41. The minimum atomic E-state index is -4.35. The zero-order valence-corrected chi connectivity index (χ0v) is 14.9. The summed E-state index contributed by atoms with van der Waals surface area (Å²) in [6.07, 6.45) is -2.02. The first-order valence-electron chi connectivity index (χ1n) is 8.99.